The molecule has 2 aromatic heterocycles. The van der Waals surface area contributed by atoms with Crippen molar-refractivity contribution in [1.29, 1.82) is 0 Å². The molecule has 0 N–H and O–H groups in total. The van der Waals surface area contributed by atoms with Crippen molar-refractivity contribution in [1.82, 2.24) is 4.57 Å². The zero-order valence-corrected chi connectivity index (χ0v) is 19.1. The highest BCUT2D eigenvalue weighted by atomic mass is 32.1. The maximum atomic E-state index is 2.47. The van der Waals surface area contributed by atoms with Gasteiger partial charge in [-0.05, 0) is 34.4 Å². The Morgan fingerprint density at radius 2 is 1.12 bits per heavy atom. The van der Waals surface area contributed by atoms with Crippen molar-refractivity contribution in [2.24, 2.45) is 0 Å². The van der Waals surface area contributed by atoms with Gasteiger partial charge in [-0.2, -0.15) is 0 Å². The third-order valence-electron chi connectivity index (χ3n) is 7.15. The maximum absolute atomic E-state index is 2.47. The number of thiophene rings is 1. The molecule has 2 heterocycles. The molecule has 8 aromatic rings. The highest BCUT2D eigenvalue weighted by molar-refractivity contribution is 7.27. The fraction of sp³-hybridized carbons (Fsp3) is 0. The van der Waals surface area contributed by atoms with Crippen LogP contribution in [-0.4, -0.2) is 4.57 Å². The maximum Gasteiger partial charge on any atom is 0.0640 e. The van der Waals surface area contributed by atoms with Crippen molar-refractivity contribution in [3.8, 4) is 5.69 Å². The Hall–Kier alpha value is -4.14. The second kappa shape index (κ2) is 6.69. The van der Waals surface area contributed by atoms with E-state index in [1.54, 1.807) is 0 Å². The molecule has 0 amide bonds. The molecule has 34 heavy (non-hydrogen) atoms. The summed E-state index contributed by atoms with van der Waals surface area (Å²) in [6.45, 7) is 0. The lowest BCUT2D eigenvalue weighted by atomic mass is 9.99. The number of hydrogen-bond acceptors (Lipinski definition) is 1. The van der Waals surface area contributed by atoms with Gasteiger partial charge in [0.1, 0.15) is 0 Å². The number of hydrogen-bond donors (Lipinski definition) is 0. The molecule has 6 aromatic carbocycles. The summed E-state index contributed by atoms with van der Waals surface area (Å²) in [5.74, 6) is 0. The molecule has 8 rings (SSSR count). The van der Waals surface area contributed by atoms with Crippen LogP contribution in [0.4, 0.5) is 0 Å². The Kier molecular flexibility index (Phi) is 3.60. The average Bonchev–Trinajstić information content (AvgIpc) is 3.46. The van der Waals surface area contributed by atoms with Crippen molar-refractivity contribution in [3.05, 3.63) is 115 Å². The van der Waals surface area contributed by atoms with E-state index < -0.39 is 0 Å². The smallest absolute Gasteiger partial charge is 0.0640 e. The van der Waals surface area contributed by atoms with E-state index in [-0.39, 0.29) is 0 Å². The van der Waals surface area contributed by atoms with E-state index in [0.717, 1.165) is 0 Å². The van der Waals surface area contributed by atoms with E-state index in [1.165, 1.54) is 69.2 Å². The lowest BCUT2D eigenvalue weighted by Crippen LogP contribution is -1.93. The van der Waals surface area contributed by atoms with Gasteiger partial charge < -0.3 is 4.57 Å². The van der Waals surface area contributed by atoms with Gasteiger partial charge in [-0.25, -0.2) is 0 Å². The molecular weight excluding hydrogens is 430 g/mol. The zero-order chi connectivity index (χ0) is 22.2. The van der Waals surface area contributed by atoms with Crippen molar-refractivity contribution in [2.75, 3.05) is 0 Å². The normalized spacial score (nSPS) is 12.1. The van der Waals surface area contributed by atoms with E-state index in [2.05, 4.69) is 120 Å². The summed E-state index contributed by atoms with van der Waals surface area (Å²) >= 11 is 1.94. The predicted molar refractivity (Wildman–Crippen MR) is 149 cm³/mol. The van der Waals surface area contributed by atoms with Gasteiger partial charge in [-0.3, -0.25) is 0 Å². The van der Waals surface area contributed by atoms with E-state index in [9.17, 15) is 0 Å². The number of nitrogens with zero attached hydrogens (tertiary/aromatic N) is 1. The van der Waals surface area contributed by atoms with Gasteiger partial charge in [0, 0.05) is 42.0 Å². The highest BCUT2D eigenvalue weighted by Gasteiger charge is 2.22. The van der Waals surface area contributed by atoms with Crippen molar-refractivity contribution >= 4 is 74.9 Å². The summed E-state index contributed by atoms with van der Waals surface area (Å²) < 4.78 is 5.21. The van der Waals surface area contributed by atoms with Crippen LogP contribution in [0.3, 0.4) is 0 Å². The lowest BCUT2D eigenvalue weighted by Gasteiger charge is -2.10. The summed E-state index contributed by atoms with van der Waals surface area (Å²) in [6, 6.07) is 41.9. The number of rotatable bonds is 1. The van der Waals surface area contributed by atoms with Gasteiger partial charge in [-0.1, -0.05) is 97.1 Å². The highest BCUT2D eigenvalue weighted by Crippen LogP contribution is 2.48. The number of benzene rings is 6. The molecule has 0 aliphatic heterocycles. The van der Waals surface area contributed by atoms with Crippen LogP contribution in [0, 0.1) is 0 Å². The SMILES string of the molecule is c1ccc(-n2c3ccccc3c3c4ccccc4c4sc5c6ccccc6ccc5c4c32)cc1. The predicted octanol–water partition coefficient (Wildman–Crippen LogP) is 9.46. The molecule has 0 spiro atoms. The first kappa shape index (κ1) is 18.3. The van der Waals surface area contributed by atoms with E-state index in [0.29, 0.717) is 0 Å². The molecule has 0 saturated heterocycles. The van der Waals surface area contributed by atoms with E-state index >= 15 is 0 Å². The van der Waals surface area contributed by atoms with Gasteiger partial charge in [0.15, 0.2) is 0 Å². The second-order valence-electron chi connectivity index (χ2n) is 8.93. The fourth-order valence-corrected chi connectivity index (χ4v) is 7.12. The van der Waals surface area contributed by atoms with Crippen LogP contribution in [-0.2, 0) is 0 Å². The number of fused-ring (bicyclic) bond motifs is 12. The Morgan fingerprint density at radius 3 is 1.97 bits per heavy atom. The monoisotopic (exact) mass is 449 g/mol. The van der Waals surface area contributed by atoms with E-state index in [1.807, 2.05) is 11.3 Å². The van der Waals surface area contributed by atoms with Gasteiger partial charge in [0.25, 0.3) is 0 Å². The fourth-order valence-electron chi connectivity index (χ4n) is 5.74. The molecule has 0 aliphatic carbocycles. The molecule has 0 fully saturated rings. The van der Waals surface area contributed by atoms with Crippen molar-refractivity contribution in [3.63, 3.8) is 0 Å². The van der Waals surface area contributed by atoms with Crippen LogP contribution in [0.2, 0.25) is 0 Å². The van der Waals surface area contributed by atoms with Gasteiger partial charge >= 0.3 is 0 Å². The molecule has 0 aliphatic rings. The third kappa shape index (κ3) is 2.28. The molecule has 0 radical (unpaired) electrons. The number of para-hydroxylation sites is 2. The molecule has 158 valence electrons. The summed E-state index contributed by atoms with van der Waals surface area (Å²) in [7, 11) is 0. The average molecular weight is 450 g/mol. The molecule has 0 saturated carbocycles. The Morgan fingerprint density at radius 1 is 0.441 bits per heavy atom. The quantitative estimate of drug-likeness (QED) is 0.235. The Balaban J connectivity index is 1.76. The molecule has 2 heteroatoms. The first-order chi connectivity index (χ1) is 16.9. The molecular formula is C32H19NS. The lowest BCUT2D eigenvalue weighted by molar-refractivity contribution is 1.19. The summed E-state index contributed by atoms with van der Waals surface area (Å²) in [5.41, 5.74) is 3.76. The van der Waals surface area contributed by atoms with E-state index in [4.69, 9.17) is 0 Å². The van der Waals surface area contributed by atoms with Gasteiger partial charge in [0.05, 0.1) is 11.0 Å². The Bertz CT molecular complexity index is 2060. The third-order valence-corrected chi connectivity index (χ3v) is 8.42. The first-order valence-corrected chi connectivity index (χ1v) is 12.4. The molecule has 1 nitrogen and oxygen atoms in total. The van der Waals surface area contributed by atoms with Gasteiger partial charge in [-0.15, -0.1) is 11.3 Å². The number of aromatic nitrogens is 1. The van der Waals surface area contributed by atoms with Crippen LogP contribution in [0.1, 0.15) is 0 Å². The standard InChI is InChI=1S/C32H19NS/c1-2-11-21(12-3-1)33-27-17-9-8-16-25(27)28-23-14-6-7-15-24(23)32-29(30(28)33)26-19-18-20-10-4-5-13-22(20)31(26)34-32/h1-19H. The second-order valence-corrected chi connectivity index (χ2v) is 9.95. The van der Waals surface area contributed by atoms with Crippen molar-refractivity contribution in [2.45, 2.75) is 0 Å². The first-order valence-electron chi connectivity index (χ1n) is 11.6. The molecule has 0 unspecified atom stereocenters. The zero-order valence-electron chi connectivity index (χ0n) is 18.3. The van der Waals surface area contributed by atoms with Crippen LogP contribution in [0.15, 0.2) is 115 Å². The molecule has 0 atom stereocenters. The van der Waals surface area contributed by atoms with Crippen molar-refractivity contribution < 1.29 is 0 Å². The minimum Gasteiger partial charge on any atom is -0.309 e. The molecule has 0 bridgehead atoms. The van der Waals surface area contributed by atoms with Gasteiger partial charge in [0.2, 0.25) is 0 Å². The van der Waals surface area contributed by atoms with Crippen LogP contribution in [0.25, 0.3) is 69.2 Å². The summed E-state index contributed by atoms with van der Waals surface area (Å²) in [6.07, 6.45) is 0. The topological polar surface area (TPSA) is 4.93 Å². The van der Waals surface area contributed by atoms with Crippen LogP contribution < -0.4 is 0 Å². The summed E-state index contributed by atoms with van der Waals surface area (Å²) in [5, 5.41) is 10.6. The van der Waals surface area contributed by atoms with Crippen LogP contribution >= 0.6 is 11.3 Å². The Labute approximate surface area is 200 Å². The summed E-state index contributed by atoms with van der Waals surface area (Å²) in [4.78, 5) is 0. The van der Waals surface area contributed by atoms with Crippen LogP contribution in [0.5, 0.6) is 0 Å². The minimum absolute atomic E-state index is 1.20. The minimum atomic E-state index is 1.20. The largest absolute Gasteiger partial charge is 0.309 e.